The van der Waals surface area contributed by atoms with E-state index in [0.717, 1.165) is 43.2 Å². The fraction of sp³-hybridized carbons (Fsp3) is 0.235. The predicted molar refractivity (Wildman–Crippen MR) is 93.4 cm³/mol. The van der Waals surface area contributed by atoms with E-state index in [-0.39, 0.29) is 0 Å². The van der Waals surface area contributed by atoms with Crippen molar-refractivity contribution >= 4 is 28.8 Å². The quantitative estimate of drug-likeness (QED) is 0.759. The van der Waals surface area contributed by atoms with E-state index in [0.29, 0.717) is 5.69 Å². The Morgan fingerprint density at radius 2 is 1.57 bits per heavy atom. The topological polar surface area (TPSA) is 81.8 Å². The standard InChI is InChI=1S/C17H20N4O2/c18-13-2-1-3-16(12-13)21-10-8-20(9-11-21)15-6-4-14(5-7-15)19-17(22)23/h1-7,12,19H,8-11,18H2,(H,22,23). The minimum atomic E-state index is -1.05. The normalized spacial score (nSPS) is 14.6. The molecule has 1 amide bonds. The molecule has 120 valence electrons. The number of hydrogen-bond acceptors (Lipinski definition) is 4. The molecule has 0 bridgehead atoms. The fourth-order valence-electron chi connectivity index (χ4n) is 2.82. The second kappa shape index (κ2) is 6.48. The van der Waals surface area contributed by atoms with Gasteiger partial charge in [-0.25, -0.2) is 4.79 Å². The summed E-state index contributed by atoms with van der Waals surface area (Å²) in [6.07, 6.45) is -1.05. The van der Waals surface area contributed by atoms with Gasteiger partial charge in [0, 0.05) is 48.9 Å². The second-order valence-corrected chi connectivity index (χ2v) is 5.55. The van der Waals surface area contributed by atoms with Gasteiger partial charge in [-0.05, 0) is 42.5 Å². The maximum absolute atomic E-state index is 10.6. The molecule has 0 aliphatic carbocycles. The van der Waals surface area contributed by atoms with Crippen molar-refractivity contribution in [3.8, 4) is 0 Å². The van der Waals surface area contributed by atoms with Gasteiger partial charge >= 0.3 is 6.09 Å². The first-order chi connectivity index (χ1) is 11.1. The third-order valence-corrected chi connectivity index (χ3v) is 4.00. The molecule has 3 rings (SSSR count). The lowest BCUT2D eigenvalue weighted by Crippen LogP contribution is -2.46. The number of carbonyl (C=O) groups is 1. The molecule has 6 nitrogen and oxygen atoms in total. The molecular formula is C17H20N4O2. The van der Waals surface area contributed by atoms with Crippen LogP contribution in [0.5, 0.6) is 0 Å². The summed E-state index contributed by atoms with van der Waals surface area (Å²) in [5, 5.41) is 11.1. The molecule has 0 spiro atoms. The molecule has 2 aromatic carbocycles. The van der Waals surface area contributed by atoms with Gasteiger partial charge in [-0.3, -0.25) is 5.32 Å². The molecule has 23 heavy (non-hydrogen) atoms. The van der Waals surface area contributed by atoms with E-state index in [2.05, 4.69) is 21.2 Å². The smallest absolute Gasteiger partial charge is 0.409 e. The SMILES string of the molecule is Nc1cccc(N2CCN(c3ccc(NC(=O)O)cc3)CC2)c1. The Balaban J connectivity index is 1.61. The summed E-state index contributed by atoms with van der Waals surface area (Å²) in [6.45, 7) is 3.69. The number of nitrogens with two attached hydrogens (primary N) is 1. The number of carboxylic acid groups (broad SMARTS) is 1. The molecule has 2 aromatic rings. The number of nitrogens with zero attached hydrogens (tertiary/aromatic N) is 2. The third kappa shape index (κ3) is 3.66. The van der Waals surface area contributed by atoms with Crippen molar-refractivity contribution in [3.05, 3.63) is 48.5 Å². The molecular weight excluding hydrogens is 292 g/mol. The molecule has 4 N–H and O–H groups in total. The third-order valence-electron chi connectivity index (χ3n) is 4.00. The summed E-state index contributed by atoms with van der Waals surface area (Å²) >= 11 is 0. The average molecular weight is 312 g/mol. The molecule has 0 saturated carbocycles. The van der Waals surface area contributed by atoms with Crippen molar-refractivity contribution in [1.82, 2.24) is 0 Å². The second-order valence-electron chi connectivity index (χ2n) is 5.55. The van der Waals surface area contributed by atoms with Crippen LogP contribution in [0, 0.1) is 0 Å². The zero-order valence-corrected chi connectivity index (χ0v) is 12.8. The Morgan fingerprint density at radius 3 is 2.13 bits per heavy atom. The monoisotopic (exact) mass is 312 g/mol. The zero-order valence-electron chi connectivity index (χ0n) is 12.8. The number of nitrogen functional groups attached to an aromatic ring is 1. The van der Waals surface area contributed by atoms with Crippen molar-refractivity contribution in [2.75, 3.05) is 47.0 Å². The summed E-state index contributed by atoms with van der Waals surface area (Å²) in [7, 11) is 0. The molecule has 1 aliphatic heterocycles. The Labute approximate surface area is 135 Å². The molecule has 0 aromatic heterocycles. The summed E-state index contributed by atoms with van der Waals surface area (Å²) in [4.78, 5) is 15.2. The average Bonchev–Trinajstić information content (AvgIpc) is 2.55. The molecule has 6 heteroatoms. The fourth-order valence-corrected chi connectivity index (χ4v) is 2.82. The summed E-state index contributed by atoms with van der Waals surface area (Å²) < 4.78 is 0. The van der Waals surface area contributed by atoms with Gasteiger partial charge < -0.3 is 20.6 Å². The van der Waals surface area contributed by atoms with Crippen molar-refractivity contribution in [3.63, 3.8) is 0 Å². The van der Waals surface area contributed by atoms with Crippen LogP contribution in [0.2, 0.25) is 0 Å². The maximum atomic E-state index is 10.6. The highest BCUT2D eigenvalue weighted by Gasteiger charge is 2.17. The van der Waals surface area contributed by atoms with Crippen LogP contribution in [0.3, 0.4) is 0 Å². The van der Waals surface area contributed by atoms with Crippen LogP contribution >= 0.6 is 0 Å². The molecule has 1 saturated heterocycles. The largest absolute Gasteiger partial charge is 0.465 e. The van der Waals surface area contributed by atoms with E-state index in [1.165, 1.54) is 0 Å². The predicted octanol–water partition coefficient (Wildman–Crippen LogP) is 2.69. The lowest BCUT2D eigenvalue weighted by molar-refractivity contribution is 0.210. The lowest BCUT2D eigenvalue weighted by Gasteiger charge is -2.37. The van der Waals surface area contributed by atoms with Crippen molar-refractivity contribution in [2.24, 2.45) is 0 Å². The van der Waals surface area contributed by atoms with E-state index in [1.807, 2.05) is 30.3 Å². The number of benzene rings is 2. The van der Waals surface area contributed by atoms with Gasteiger partial charge in [0.05, 0.1) is 0 Å². The van der Waals surface area contributed by atoms with Gasteiger partial charge in [0.15, 0.2) is 0 Å². The van der Waals surface area contributed by atoms with Crippen LogP contribution < -0.4 is 20.9 Å². The summed E-state index contributed by atoms with van der Waals surface area (Å²) in [6, 6.07) is 15.4. The zero-order chi connectivity index (χ0) is 16.2. The van der Waals surface area contributed by atoms with Crippen LogP contribution in [-0.4, -0.2) is 37.4 Å². The van der Waals surface area contributed by atoms with Crippen molar-refractivity contribution < 1.29 is 9.90 Å². The van der Waals surface area contributed by atoms with Crippen molar-refractivity contribution in [2.45, 2.75) is 0 Å². The van der Waals surface area contributed by atoms with Crippen LogP contribution in [0.4, 0.5) is 27.5 Å². The minimum absolute atomic E-state index is 0.583. The molecule has 0 radical (unpaired) electrons. The molecule has 1 aliphatic rings. The number of anilines is 4. The minimum Gasteiger partial charge on any atom is -0.465 e. The number of piperazine rings is 1. The van der Waals surface area contributed by atoms with Crippen LogP contribution in [0.1, 0.15) is 0 Å². The number of nitrogens with one attached hydrogen (secondary N) is 1. The Kier molecular flexibility index (Phi) is 4.23. The van der Waals surface area contributed by atoms with Crippen LogP contribution in [0.25, 0.3) is 0 Å². The first-order valence-corrected chi connectivity index (χ1v) is 7.57. The van der Waals surface area contributed by atoms with E-state index in [4.69, 9.17) is 10.8 Å². The van der Waals surface area contributed by atoms with Gasteiger partial charge in [-0.2, -0.15) is 0 Å². The molecule has 0 atom stereocenters. The highest BCUT2D eigenvalue weighted by molar-refractivity contribution is 5.83. The van der Waals surface area contributed by atoms with Gasteiger partial charge in [0.25, 0.3) is 0 Å². The van der Waals surface area contributed by atoms with E-state index in [9.17, 15) is 4.79 Å². The van der Waals surface area contributed by atoms with E-state index < -0.39 is 6.09 Å². The molecule has 0 unspecified atom stereocenters. The van der Waals surface area contributed by atoms with Gasteiger partial charge in [0.2, 0.25) is 0 Å². The molecule has 1 heterocycles. The highest BCUT2D eigenvalue weighted by atomic mass is 16.4. The number of hydrogen-bond donors (Lipinski definition) is 3. The van der Waals surface area contributed by atoms with Crippen LogP contribution in [-0.2, 0) is 0 Å². The maximum Gasteiger partial charge on any atom is 0.409 e. The van der Waals surface area contributed by atoms with Crippen molar-refractivity contribution in [1.29, 1.82) is 0 Å². The molecule has 1 fully saturated rings. The Morgan fingerprint density at radius 1 is 0.957 bits per heavy atom. The van der Waals surface area contributed by atoms with Gasteiger partial charge in [-0.1, -0.05) is 6.07 Å². The Bertz CT molecular complexity index is 679. The van der Waals surface area contributed by atoms with Gasteiger partial charge in [0.1, 0.15) is 0 Å². The number of amides is 1. The number of rotatable bonds is 3. The first kappa shape index (κ1) is 15.0. The first-order valence-electron chi connectivity index (χ1n) is 7.57. The Hall–Kier alpha value is -2.89. The summed E-state index contributed by atoms with van der Waals surface area (Å²) in [5.41, 5.74) is 9.48. The summed E-state index contributed by atoms with van der Waals surface area (Å²) in [5.74, 6) is 0. The van der Waals surface area contributed by atoms with Crippen LogP contribution in [0.15, 0.2) is 48.5 Å². The lowest BCUT2D eigenvalue weighted by atomic mass is 10.2. The van der Waals surface area contributed by atoms with E-state index >= 15 is 0 Å². The highest BCUT2D eigenvalue weighted by Crippen LogP contribution is 2.23. The van der Waals surface area contributed by atoms with E-state index in [1.54, 1.807) is 12.1 Å². The van der Waals surface area contributed by atoms with Gasteiger partial charge in [-0.15, -0.1) is 0 Å².